The number of carbonyl (C=O) groups is 3. The molecule has 11 heteroatoms. The van der Waals surface area contributed by atoms with E-state index < -0.39 is 24.5 Å². The van der Waals surface area contributed by atoms with Crippen LogP contribution in [-0.4, -0.2) is 47.9 Å². The number of aliphatic carboxylic acids is 1. The third kappa shape index (κ3) is 6.08. The van der Waals surface area contributed by atoms with Gasteiger partial charge in [0.15, 0.2) is 18.3 Å². The number of Topliss-reactive ketones (excluding diaryl/α,β-unsaturated/α-hetero) is 1. The number of amides is 1. The van der Waals surface area contributed by atoms with Crippen LogP contribution < -0.4 is 26.3 Å². The SMILES string of the molecule is NC(N)=NCCCC(NC(=O)COc1ccc2c(c1)OC(=Cc1cccs1)C2=O)C(=O)O. The van der Waals surface area contributed by atoms with Crippen molar-refractivity contribution in [2.75, 3.05) is 13.2 Å². The predicted octanol–water partition coefficient (Wildman–Crippen LogP) is 1.37. The number of nitrogens with one attached hydrogen (secondary N) is 1. The number of benzene rings is 1. The first-order valence-corrected chi connectivity index (χ1v) is 10.5. The van der Waals surface area contributed by atoms with Crippen molar-refractivity contribution in [3.05, 3.63) is 51.9 Å². The number of aliphatic imine (C=N–C) groups is 1. The van der Waals surface area contributed by atoms with Gasteiger partial charge in [0.25, 0.3) is 5.91 Å². The minimum absolute atomic E-state index is 0.0801. The van der Waals surface area contributed by atoms with Gasteiger partial charge in [0.05, 0.1) is 5.56 Å². The third-order valence-electron chi connectivity index (χ3n) is 4.41. The van der Waals surface area contributed by atoms with E-state index in [0.717, 1.165) is 4.88 Å². The van der Waals surface area contributed by atoms with Gasteiger partial charge < -0.3 is 31.4 Å². The highest BCUT2D eigenvalue weighted by Gasteiger charge is 2.28. The second-order valence-electron chi connectivity index (χ2n) is 6.81. The van der Waals surface area contributed by atoms with E-state index in [1.165, 1.54) is 17.4 Å². The zero-order valence-corrected chi connectivity index (χ0v) is 17.8. The van der Waals surface area contributed by atoms with Gasteiger partial charge in [0.1, 0.15) is 17.5 Å². The fraction of sp³-hybridized carbons (Fsp3) is 0.238. The molecule has 6 N–H and O–H groups in total. The number of rotatable bonds is 10. The summed E-state index contributed by atoms with van der Waals surface area (Å²) in [4.78, 5) is 40.6. The number of guanidine groups is 1. The maximum atomic E-state index is 12.5. The Balaban J connectivity index is 1.54. The summed E-state index contributed by atoms with van der Waals surface area (Å²) in [6.07, 6.45) is 2.21. The Labute approximate surface area is 187 Å². The van der Waals surface area contributed by atoms with Crippen LogP contribution in [-0.2, 0) is 9.59 Å². The average Bonchev–Trinajstić information content (AvgIpc) is 3.36. The van der Waals surface area contributed by atoms with E-state index >= 15 is 0 Å². The molecule has 0 saturated heterocycles. The van der Waals surface area contributed by atoms with Crippen LogP contribution >= 0.6 is 11.3 Å². The normalized spacial score (nSPS) is 14.4. The fourth-order valence-corrected chi connectivity index (χ4v) is 3.55. The highest BCUT2D eigenvalue weighted by Crippen LogP contribution is 2.35. The van der Waals surface area contributed by atoms with Crippen LogP contribution in [0.25, 0.3) is 6.08 Å². The molecule has 1 amide bonds. The quantitative estimate of drug-likeness (QED) is 0.179. The molecule has 1 aliphatic heterocycles. The second-order valence-corrected chi connectivity index (χ2v) is 7.79. The van der Waals surface area contributed by atoms with Crippen LogP contribution in [0.3, 0.4) is 0 Å². The maximum Gasteiger partial charge on any atom is 0.326 e. The summed E-state index contributed by atoms with van der Waals surface area (Å²) in [5.41, 5.74) is 10.8. The van der Waals surface area contributed by atoms with Crippen LogP contribution in [0.1, 0.15) is 28.1 Å². The molecule has 1 unspecified atom stereocenters. The van der Waals surface area contributed by atoms with Crippen molar-refractivity contribution in [2.45, 2.75) is 18.9 Å². The van der Waals surface area contributed by atoms with E-state index in [4.69, 9.17) is 20.9 Å². The van der Waals surface area contributed by atoms with Crippen LogP contribution in [0, 0.1) is 0 Å². The molecule has 1 aliphatic rings. The number of hydrogen-bond donors (Lipinski definition) is 4. The third-order valence-corrected chi connectivity index (χ3v) is 5.23. The minimum atomic E-state index is -1.17. The van der Waals surface area contributed by atoms with E-state index in [9.17, 15) is 19.5 Å². The van der Waals surface area contributed by atoms with Crippen molar-refractivity contribution in [1.82, 2.24) is 5.32 Å². The zero-order valence-electron chi connectivity index (χ0n) is 16.9. The summed E-state index contributed by atoms with van der Waals surface area (Å²) in [7, 11) is 0. The number of ketones is 1. The Hall–Kier alpha value is -3.86. The number of fused-ring (bicyclic) bond motifs is 1. The van der Waals surface area contributed by atoms with Crippen LogP contribution in [0.4, 0.5) is 0 Å². The summed E-state index contributed by atoms with van der Waals surface area (Å²) in [6, 6.07) is 7.27. The second kappa shape index (κ2) is 10.4. The topological polar surface area (TPSA) is 166 Å². The van der Waals surface area contributed by atoms with E-state index in [0.29, 0.717) is 23.5 Å². The van der Waals surface area contributed by atoms with Crippen molar-refractivity contribution in [3.8, 4) is 11.5 Å². The van der Waals surface area contributed by atoms with Crippen molar-refractivity contribution < 1.29 is 29.0 Å². The molecule has 0 spiro atoms. The number of carbonyl (C=O) groups excluding carboxylic acids is 2. The van der Waals surface area contributed by atoms with Gasteiger partial charge in [-0.2, -0.15) is 0 Å². The Bertz CT molecular complexity index is 1060. The van der Waals surface area contributed by atoms with Gasteiger partial charge in [-0.05, 0) is 36.4 Å². The largest absolute Gasteiger partial charge is 0.484 e. The van der Waals surface area contributed by atoms with E-state index in [1.807, 2.05) is 17.5 Å². The molecule has 0 saturated carbocycles. The van der Waals surface area contributed by atoms with Crippen LogP contribution in [0.2, 0.25) is 0 Å². The number of nitrogens with zero attached hydrogens (tertiary/aromatic N) is 1. The van der Waals surface area contributed by atoms with E-state index in [1.54, 1.807) is 18.2 Å². The highest BCUT2D eigenvalue weighted by atomic mass is 32.1. The molecule has 0 bridgehead atoms. The van der Waals surface area contributed by atoms with Crippen molar-refractivity contribution in [1.29, 1.82) is 0 Å². The van der Waals surface area contributed by atoms with Gasteiger partial charge in [-0.3, -0.25) is 14.6 Å². The molecule has 2 heterocycles. The molecule has 32 heavy (non-hydrogen) atoms. The Morgan fingerprint density at radius 1 is 1.31 bits per heavy atom. The number of nitrogens with two attached hydrogens (primary N) is 2. The Kier molecular flexibility index (Phi) is 7.45. The molecular formula is C21H22N4O6S. The van der Waals surface area contributed by atoms with Crippen molar-refractivity contribution in [3.63, 3.8) is 0 Å². The lowest BCUT2D eigenvalue weighted by molar-refractivity contribution is -0.142. The van der Waals surface area contributed by atoms with Gasteiger partial charge in [0, 0.05) is 23.6 Å². The summed E-state index contributed by atoms with van der Waals surface area (Å²) >= 11 is 1.48. The molecule has 1 atom stereocenters. The number of ether oxygens (including phenoxy) is 2. The highest BCUT2D eigenvalue weighted by molar-refractivity contribution is 7.10. The first-order chi connectivity index (χ1) is 15.3. The summed E-state index contributed by atoms with van der Waals surface area (Å²) in [6.45, 7) is -0.141. The van der Waals surface area contributed by atoms with E-state index in [-0.39, 0.29) is 30.5 Å². The number of carboxylic acid groups (broad SMARTS) is 1. The molecule has 1 aromatic heterocycles. The Morgan fingerprint density at radius 3 is 2.81 bits per heavy atom. The van der Waals surface area contributed by atoms with Gasteiger partial charge in [-0.15, -0.1) is 11.3 Å². The minimum Gasteiger partial charge on any atom is -0.484 e. The molecular weight excluding hydrogens is 436 g/mol. The fourth-order valence-electron chi connectivity index (χ4n) is 2.91. The molecule has 0 radical (unpaired) electrons. The summed E-state index contributed by atoms with van der Waals surface area (Å²) in [5, 5.41) is 13.6. The van der Waals surface area contributed by atoms with Gasteiger partial charge >= 0.3 is 5.97 Å². The van der Waals surface area contributed by atoms with E-state index in [2.05, 4.69) is 10.3 Å². The van der Waals surface area contributed by atoms with Crippen LogP contribution in [0.5, 0.6) is 11.5 Å². The number of allylic oxidation sites excluding steroid dienone is 1. The molecule has 10 nitrogen and oxygen atoms in total. The maximum absolute atomic E-state index is 12.5. The number of thiophene rings is 1. The lowest BCUT2D eigenvalue weighted by Gasteiger charge is -2.14. The monoisotopic (exact) mass is 458 g/mol. The zero-order chi connectivity index (χ0) is 23.1. The molecule has 2 aromatic rings. The summed E-state index contributed by atoms with van der Waals surface area (Å²) < 4.78 is 11.1. The van der Waals surface area contributed by atoms with Crippen molar-refractivity contribution >= 4 is 41.0 Å². The standard InChI is InChI=1S/C21H22N4O6S/c22-21(23)24-7-1-4-15(20(28)29)25-18(26)11-30-12-5-6-14-16(9-12)31-17(19(14)27)10-13-3-2-8-32-13/h2-3,5-6,8-10,15H,1,4,7,11H2,(H,25,26)(H,28,29)(H4,22,23,24). The van der Waals surface area contributed by atoms with Gasteiger partial charge in [0.2, 0.25) is 5.78 Å². The van der Waals surface area contributed by atoms with Gasteiger partial charge in [-0.25, -0.2) is 4.79 Å². The molecule has 1 aromatic carbocycles. The van der Waals surface area contributed by atoms with Crippen LogP contribution in [0.15, 0.2) is 46.5 Å². The van der Waals surface area contributed by atoms with Crippen molar-refractivity contribution in [2.24, 2.45) is 16.5 Å². The summed E-state index contributed by atoms with van der Waals surface area (Å²) in [5.74, 6) is -1.23. The molecule has 168 valence electrons. The lowest BCUT2D eigenvalue weighted by Crippen LogP contribution is -2.43. The molecule has 0 aliphatic carbocycles. The smallest absolute Gasteiger partial charge is 0.326 e. The first kappa shape index (κ1) is 22.8. The first-order valence-electron chi connectivity index (χ1n) is 9.65. The molecule has 3 rings (SSSR count). The number of carboxylic acids is 1. The predicted molar refractivity (Wildman–Crippen MR) is 119 cm³/mol. The van der Waals surface area contributed by atoms with Gasteiger partial charge in [-0.1, -0.05) is 6.07 Å². The molecule has 0 fully saturated rings. The average molecular weight is 458 g/mol. The Morgan fingerprint density at radius 2 is 2.12 bits per heavy atom. The lowest BCUT2D eigenvalue weighted by atomic mass is 10.1. The number of hydrogen-bond acceptors (Lipinski definition) is 7.